The van der Waals surface area contributed by atoms with Crippen LogP contribution in [0, 0.1) is 11.8 Å². The Kier molecular flexibility index (Phi) is 5.73. The van der Waals surface area contributed by atoms with E-state index in [-0.39, 0.29) is 12.8 Å². The van der Waals surface area contributed by atoms with Crippen molar-refractivity contribution >= 4 is 17.6 Å². The number of halogens is 1. The van der Waals surface area contributed by atoms with Crippen LogP contribution < -0.4 is 5.32 Å². The van der Waals surface area contributed by atoms with E-state index in [2.05, 4.69) is 17.2 Å². The predicted octanol–water partition coefficient (Wildman–Crippen LogP) is 3.69. The van der Waals surface area contributed by atoms with E-state index in [1.165, 1.54) is 4.90 Å². The molecule has 25 heavy (non-hydrogen) atoms. The summed E-state index contributed by atoms with van der Waals surface area (Å²) < 4.78 is 5.57. The van der Waals surface area contributed by atoms with Crippen LogP contribution in [0.15, 0.2) is 71.9 Å². The van der Waals surface area contributed by atoms with Gasteiger partial charge in [-0.1, -0.05) is 72.0 Å². The third-order valence-electron chi connectivity index (χ3n) is 3.56. The number of carbonyl (C=O) groups is 1. The molecule has 0 bridgehead atoms. The third-order valence-corrected chi connectivity index (χ3v) is 3.88. The molecule has 126 valence electrons. The van der Waals surface area contributed by atoms with Crippen molar-refractivity contribution in [1.29, 1.82) is 0 Å². The molecule has 0 aliphatic carbocycles. The maximum absolute atomic E-state index is 12.2. The third kappa shape index (κ3) is 4.87. The lowest BCUT2D eigenvalue weighted by atomic mass is 10.2. The fourth-order valence-corrected chi connectivity index (χ4v) is 2.50. The Morgan fingerprint density at radius 3 is 2.48 bits per heavy atom. The molecular weight excluding hydrogens is 336 g/mol. The molecule has 1 aliphatic heterocycles. The Morgan fingerprint density at radius 1 is 1.08 bits per heavy atom. The monoisotopic (exact) mass is 352 g/mol. The highest BCUT2D eigenvalue weighted by Crippen LogP contribution is 2.15. The van der Waals surface area contributed by atoms with Crippen molar-refractivity contribution in [1.82, 2.24) is 10.2 Å². The molecule has 0 fully saturated rings. The van der Waals surface area contributed by atoms with E-state index in [0.29, 0.717) is 11.6 Å². The first-order valence-corrected chi connectivity index (χ1v) is 8.23. The zero-order valence-corrected chi connectivity index (χ0v) is 14.2. The van der Waals surface area contributed by atoms with Gasteiger partial charge >= 0.3 is 6.03 Å². The lowest BCUT2D eigenvalue weighted by molar-refractivity contribution is 0.0553. The van der Waals surface area contributed by atoms with Crippen LogP contribution in [0.5, 0.6) is 0 Å². The molecule has 0 spiro atoms. The lowest BCUT2D eigenvalue weighted by Gasteiger charge is -2.27. The van der Waals surface area contributed by atoms with E-state index in [1.807, 2.05) is 60.7 Å². The van der Waals surface area contributed by atoms with Crippen LogP contribution in [0.25, 0.3) is 0 Å². The number of nitrogens with zero attached hydrogens (tertiary/aromatic N) is 1. The van der Waals surface area contributed by atoms with Crippen LogP contribution in [-0.4, -0.2) is 23.7 Å². The molecule has 1 N–H and O–H groups in total. The highest BCUT2D eigenvalue weighted by atomic mass is 35.5. The van der Waals surface area contributed by atoms with Gasteiger partial charge in [-0.15, -0.1) is 0 Å². The van der Waals surface area contributed by atoms with Gasteiger partial charge in [0.1, 0.15) is 12.8 Å². The van der Waals surface area contributed by atoms with Crippen LogP contribution >= 0.6 is 11.6 Å². The highest BCUT2D eigenvalue weighted by molar-refractivity contribution is 6.31. The fourth-order valence-electron chi connectivity index (χ4n) is 2.27. The van der Waals surface area contributed by atoms with Gasteiger partial charge in [-0.05, 0) is 17.7 Å². The highest BCUT2D eigenvalue weighted by Gasteiger charge is 2.24. The summed E-state index contributed by atoms with van der Waals surface area (Å²) in [6, 6.07) is 18.5. The zero-order valence-electron chi connectivity index (χ0n) is 13.5. The smallest absolute Gasteiger partial charge is 0.324 e. The molecular formula is C20H17ClN2O2. The second-order valence-electron chi connectivity index (χ2n) is 5.46. The van der Waals surface area contributed by atoms with Crippen LogP contribution in [0.2, 0.25) is 0 Å². The number of urea groups is 1. The fraction of sp³-hybridized carbons (Fsp3) is 0.150. The van der Waals surface area contributed by atoms with Gasteiger partial charge < -0.3 is 10.1 Å². The Hall–Kier alpha value is -2.74. The quantitative estimate of drug-likeness (QED) is 0.853. The van der Waals surface area contributed by atoms with Crippen molar-refractivity contribution in [3.63, 3.8) is 0 Å². The number of carbonyl (C=O) groups excluding carboxylic acids is 1. The number of nitrogens with one attached hydrogen (secondary N) is 1. The second kappa shape index (κ2) is 8.39. The molecule has 1 heterocycles. The molecule has 1 atom stereocenters. The van der Waals surface area contributed by atoms with Crippen molar-refractivity contribution < 1.29 is 9.53 Å². The van der Waals surface area contributed by atoms with Crippen molar-refractivity contribution in [2.75, 3.05) is 6.73 Å². The Labute approximate surface area is 152 Å². The summed E-state index contributed by atoms with van der Waals surface area (Å²) in [7, 11) is 0. The molecule has 0 aromatic heterocycles. The normalized spacial score (nSPS) is 16.5. The minimum atomic E-state index is -0.514. The Morgan fingerprint density at radius 2 is 1.76 bits per heavy atom. The predicted molar refractivity (Wildman–Crippen MR) is 97.5 cm³/mol. The topological polar surface area (TPSA) is 41.6 Å². The number of benzene rings is 2. The molecule has 0 saturated heterocycles. The second-order valence-corrected chi connectivity index (χ2v) is 5.90. The number of amides is 2. The summed E-state index contributed by atoms with van der Waals surface area (Å²) in [5.41, 5.74) is 1.91. The van der Waals surface area contributed by atoms with E-state index in [9.17, 15) is 4.79 Å². The molecule has 1 aliphatic rings. The Balaban J connectivity index is 1.58. The minimum absolute atomic E-state index is 0.121. The summed E-state index contributed by atoms with van der Waals surface area (Å²) in [5, 5.41) is 3.22. The number of rotatable bonds is 4. The van der Waals surface area contributed by atoms with E-state index in [4.69, 9.17) is 16.3 Å². The van der Waals surface area contributed by atoms with E-state index in [0.717, 1.165) is 11.1 Å². The van der Waals surface area contributed by atoms with Gasteiger partial charge in [0, 0.05) is 11.8 Å². The van der Waals surface area contributed by atoms with E-state index >= 15 is 0 Å². The molecule has 2 amide bonds. The van der Waals surface area contributed by atoms with Gasteiger partial charge in [0.05, 0.1) is 11.6 Å². The van der Waals surface area contributed by atoms with Crippen molar-refractivity contribution in [2.45, 2.75) is 12.6 Å². The largest absolute Gasteiger partial charge is 0.356 e. The lowest BCUT2D eigenvalue weighted by Crippen LogP contribution is -2.47. The summed E-state index contributed by atoms with van der Waals surface area (Å²) in [6.45, 7) is 0.545. The first-order valence-electron chi connectivity index (χ1n) is 7.85. The minimum Gasteiger partial charge on any atom is -0.356 e. The van der Waals surface area contributed by atoms with Gasteiger partial charge in [-0.2, -0.15) is 0 Å². The van der Waals surface area contributed by atoms with Crippen molar-refractivity contribution in [2.24, 2.45) is 0 Å². The van der Waals surface area contributed by atoms with Gasteiger partial charge in [-0.3, -0.25) is 4.90 Å². The van der Waals surface area contributed by atoms with Crippen molar-refractivity contribution in [3.05, 3.63) is 83.0 Å². The standard InChI is InChI=1S/C20H17ClN2O2/c21-18-13-23(15-25-14-17-9-5-2-6-10-17)20(24)22-19(18)12-11-16-7-3-1-4-8-16/h1-10,13,19H,14-15H2,(H,22,24). The SMILES string of the molecule is O=C1NC(C#Cc2ccccc2)C(Cl)=CN1COCc1ccccc1. The van der Waals surface area contributed by atoms with Gasteiger partial charge in [0.25, 0.3) is 0 Å². The zero-order chi connectivity index (χ0) is 17.5. The molecule has 0 saturated carbocycles. The maximum atomic E-state index is 12.2. The van der Waals surface area contributed by atoms with Crippen LogP contribution in [0.1, 0.15) is 11.1 Å². The summed E-state index contributed by atoms with van der Waals surface area (Å²) in [6.07, 6.45) is 1.57. The maximum Gasteiger partial charge on any atom is 0.324 e. The summed E-state index contributed by atoms with van der Waals surface area (Å²) >= 11 is 6.25. The summed E-state index contributed by atoms with van der Waals surface area (Å²) in [5.74, 6) is 5.98. The average Bonchev–Trinajstić information content (AvgIpc) is 2.65. The van der Waals surface area contributed by atoms with Gasteiger partial charge in [-0.25, -0.2) is 4.79 Å². The molecule has 4 nitrogen and oxygen atoms in total. The van der Waals surface area contributed by atoms with Gasteiger partial charge in [0.15, 0.2) is 0 Å². The molecule has 2 aromatic rings. The molecule has 5 heteroatoms. The van der Waals surface area contributed by atoms with Crippen LogP contribution in [-0.2, 0) is 11.3 Å². The van der Waals surface area contributed by atoms with E-state index in [1.54, 1.807) is 6.20 Å². The molecule has 0 radical (unpaired) electrons. The molecule has 2 aromatic carbocycles. The first kappa shape index (κ1) is 17.1. The van der Waals surface area contributed by atoms with E-state index < -0.39 is 6.04 Å². The van der Waals surface area contributed by atoms with Crippen LogP contribution in [0.4, 0.5) is 4.79 Å². The molecule has 1 unspecified atom stereocenters. The van der Waals surface area contributed by atoms with Crippen LogP contribution in [0.3, 0.4) is 0 Å². The van der Waals surface area contributed by atoms with Gasteiger partial charge in [0.2, 0.25) is 0 Å². The van der Waals surface area contributed by atoms with Crippen molar-refractivity contribution in [3.8, 4) is 11.8 Å². The number of hydrogen-bond donors (Lipinski definition) is 1. The molecule has 3 rings (SSSR count). The average molecular weight is 353 g/mol. The first-order chi connectivity index (χ1) is 12.2. The number of ether oxygens (including phenoxy) is 1. The summed E-state index contributed by atoms with van der Waals surface area (Å²) in [4.78, 5) is 13.6. The Bertz CT molecular complexity index is 810. The number of hydrogen-bond acceptors (Lipinski definition) is 2.